The van der Waals surface area contributed by atoms with E-state index in [1.165, 1.54) is 0 Å². The molecule has 92 valence electrons. The lowest BCUT2D eigenvalue weighted by Gasteiger charge is -2.26. The molecule has 0 aromatic rings. The summed E-state index contributed by atoms with van der Waals surface area (Å²) < 4.78 is 40.7. The highest BCUT2D eigenvalue weighted by Gasteiger charge is 2.27. The van der Waals surface area contributed by atoms with Gasteiger partial charge in [-0.05, 0) is 33.1 Å². The highest BCUT2D eigenvalue weighted by Crippen LogP contribution is 2.24. The lowest BCUT2D eigenvalue weighted by atomic mass is 9.96. The lowest BCUT2D eigenvalue weighted by Crippen LogP contribution is -2.33. The quantitative estimate of drug-likeness (QED) is 0.757. The average molecular weight is 227 g/mol. The van der Waals surface area contributed by atoms with Gasteiger partial charge in [0.05, 0.1) is 5.60 Å². The fraction of sp³-hybridized carbons (Fsp3) is 1.00. The summed E-state index contributed by atoms with van der Waals surface area (Å²) in [5.74, 6) is 0. The highest BCUT2D eigenvalue weighted by molar-refractivity contribution is 4.76. The molecule has 1 atom stereocenters. The molecule has 0 aromatic heterocycles. The number of halogens is 3. The standard InChI is InChI=1S/C10H20F3NO/c1-9(2,15-3)7-8(14)5-4-6-10(11,12)13/h8H,4-7,14H2,1-3H3. The normalized spacial score (nSPS) is 15.4. The van der Waals surface area contributed by atoms with E-state index in [1.807, 2.05) is 13.8 Å². The third-order valence-electron chi connectivity index (χ3n) is 2.34. The second kappa shape index (κ2) is 5.70. The number of nitrogens with two attached hydrogens (primary N) is 1. The Morgan fingerprint density at radius 1 is 1.27 bits per heavy atom. The van der Waals surface area contributed by atoms with Gasteiger partial charge in [0, 0.05) is 19.6 Å². The van der Waals surface area contributed by atoms with Crippen LogP contribution in [-0.4, -0.2) is 24.9 Å². The molecule has 0 aliphatic heterocycles. The molecule has 0 amide bonds. The first-order valence-corrected chi connectivity index (χ1v) is 5.04. The van der Waals surface area contributed by atoms with Crippen molar-refractivity contribution in [1.29, 1.82) is 0 Å². The van der Waals surface area contributed by atoms with Crippen molar-refractivity contribution in [2.45, 2.75) is 57.3 Å². The van der Waals surface area contributed by atoms with Gasteiger partial charge in [0.2, 0.25) is 0 Å². The summed E-state index contributed by atoms with van der Waals surface area (Å²) in [5.41, 5.74) is 5.35. The Labute approximate surface area is 89.0 Å². The number of hydrogen-bond acceptors (Lipinski definition) is 2. The monoisotopic (exact) mass is 227 g/mol. The molecule has 2 N–H and O–H groups in total. The smallest absolute Gasteiger partial charge is 0.379 e. The first kappa shape index (κ1) is 14.7. The molecule has 5 heteroatoms. The zero-order valence-electron chi connectivity index (χ0n) is 9.53. The fourth-order valence-corrected chi connectivity index (χ4v) is 1.38. The van der Waals surface area contributed by atoms with Gasteiger partial charge in [0.25, 0.3) is 0 Å². The number of ether oxygens (including phenoxy) is 1. The Kier molecular flexibility index (Phi) is 5.59. The van der Waals surface area contributed by atoms with Crippen LogP contribution in [0, 0.1) is 0 Å². The molecule has 1 unspecified atom stereocenters. The summed E-state index contributed by atoms with van der Waals surface area (Å²) in [5, 5.41) is 0. The van der Waals surface area contributed by atoms with E-state index < -0.39 is 12.6 Å². The van der Waals surface area contributed by atoms with E-state index in [-0.39, 0.29) is 18.1 Å². The van der Waals surface area contributed by atoms with Crippen molar-refractivity contribution < 1.29 is 17.9 Å². The van der Waals surface area contributed by atoms with Crippen LogP contribution in [0.4, 0.5) is 13.2 Å². The van der Waals surface area contributed by atoms with Gasteiger partial charge in [-0.15, -0.1) is 0 Å². The van der Waals surface area contributed by atoms with Crippen molar-refractivity contribution in [3.8, 4) is 0 Å². The Bertz CT molecular complexity index is 180. The third-order valence-corrected chi connectivity index (χ3v) is 2.34. The van der Waals surface area contributed by atoms with Crippen LogP contribution in [0.15, 0.2) is 0 Å². The average Bonchev–Trinajstić information content (AvgIpc) is 2.00. The van der Waals surface area contributed by atoms with Crippen LogP contribution in [0.3, 0.4) is 0 Å². The van der Waals surface area contributed by atoms with Crippen molar-refractivity contribution in [2.75, 3.05) is 7.11 Å². The molecule has 0 saturated heterocycles. The van der Waals surface area contributed by atoms with Crippen LogP contribution in [0.2, 0.25) is 0 Å². The Morgan fingerprint density at radius 2 is 1.80 bits per heavy atom. The second-order valence-electron chi connectivity index (χ2n) is 4.44. The van der Waals surface area contributed by atoms with Crippen LogP contribution in [0.5, 0.6) is 0 Å². The number of methoxy groups -OCH3 is 1. The van der Waals surface area contributed by atoms with Crippen LogP contribution >= 0.6 is 0 Å². The van der Waals surface area contributed by atoms with E-state index in [4.69, 9.17) is 10.5 Å². The van der Waals surface area contributed by atoms with Gasteiger partial charge in [-0.3, -0.25) is 0 Å². The predicted molar refractivity (Wildman–Crippen MR) is 53.6 cm³/mol. The first-order valence-electron chi connectivity index (χ1n) is 5.04. The molecule has 0 aliphatic rings. The summed E-state index contributed by atoms with van der Waals surface area (Å²) in [4.78, 5) is 0. The molecule has 0 bridgehead atoms. The molecule has 0 fully saturated rings. The zero-order chi connectivity index (χ0) is 12.1. The topological polar surface area (TPSA) is 35.2 Å². The van der Waals surface area contributed by atoms with Crippen LogP contribution in [-0.2, 0) is 4.74 Å². The van der Waals surface area contributed by atoms with Crippen molar-refractivity contribution >= 4 is 0 Å². The maximum atomic E-state index is 11.8. The van der Waals surface area contributed by atoms with E-state index in [9.17, 15) is 13.2 Å². The molecule has 15 heavy (non-hydrogen) atoms. The predicted octanol–water partition coefficient (Wildman–Crippen LogP) is 2.86. The minimum Gasteiger partial charge on any atom is -0.379 e. The lowest BCUT2D eigenvalue weighted by molar-refractivity contribution is -0.135. The van der Waals surface area contributed by atoms with Crippen LogP contribution in [0.1, 0.15) is 39.5 Å². The Balaban J connectivity index is 3.71. The van der Waals surface area contributed by atoms with Crippen LogP contribution in [0.25, 0.3) is 0 Å². The summed E-state index contributed by atoms with van der Waals surface area (Å²) in [7, 11) is 1.57. The van der Waals surface area contributed by atoms with Gasteiger partial charge >= 0.3 is 6.18 Å². The summed E-state index contributed by atoms with van der Waals surface area (Å²) in [6, 6.07) is -0.234. The van der Waals surface area contributed by atoms with E-state index in [0.29, 0.717) is 12.8 Å². The Hall–Kier alpha value is -0.290. The minimum atomic E-state index is -4.07. The maximum Gasteiger partial charge on any atom is 0.389 e. The molecule has 0 spiro atoms. The SMILES string of the molecule is COC(C)(C)CC(N)CCCC(F)(F)F. The van der Waals surface area contributed by atoms with E-state index in [0.717, 1.165) is 0 Å². The van der Waals surface area contributed by atoms with Crippen molar-refractivity contribution in [1.82, 2.24) is 0 Å². The van der Waals surface area contributed by atoms with E-state index in [2.05, 4.69) is 0 Å². The second-order valence-corrected chi connectivity index (χ2v) is 4.44. The largest absolute Gasteiger partial charge is 0.389 e. The van der Waals surface area contributed by atoms with Crippen molar-refractivity contribution in [3.63, 3.8) is 0 Å². The van der Waals surface area contributed by atoms with Gasteiger partial charge < -0.3 is 10.5 Å². The van der Waals surface area contributed by atoms with Gasteiger partial charge in [-0.25, -0.2) is 0 Å². The molecule has 2 nitrogen and oxygen atoms in total. The first-order chi connectivity index (χ1) is 6.66. The maximum absolute atomic E-state index is 11.8. The minimum absolute atomic E-state index is 0.0878. The van der Waals surface area contributed by atoms with E-state index >= 15 is 0 Å². The van der Waals surface area contributed by atoms with Gasteiger partial charge in [0.1, 0.15) is 0 Å². The van der Waals surface area contributed by atoms with Crippen molar-refractivity contribution in [3.05, 3.63) is 0 Å². The molecule has 0 aromatic carbocycles. The third kappa shape index (κ3) is 8.69. The van der Waals surface area contributed by atoms with Gasteiger partial charge in [-0.2, -0.15) is 13.2 Å². The highest BCUT2D eigenvalue weighted by atomic mass is 19.4. The molecule has 0 saturated carbocycles. The number of rotatable bonds is 6. The number of hydrogen-bond donors (Lipinski definition) is 1. The van der Waals surface area contributed by atoms with Crippen LogP contribution < -0.4 is 5.73 Å². The van der Waals surface area contributed by atoms with E-state index in [1.54, 1.807) is 7.11 Å². The zero-order valence-corrected chi connectivity index (χ0v) is 9.53. The molecule has 0 aliphatic carbocycles. The Morgan fingerprint density at radius 3 is 2.20 bits per heavy atom. The molecule has 0 radical (unpaired) electrons. The van der Waals surface area contributed by atoms with Gasteiger partial charge in [0.15, 0.2) is 0 Å². The molecular weight excluding hydrogens is 207 g/mol. The molecule has 0 heterocycles. The fourth-order valence-electron chi connectivity index (χ4n) is 1.38. The summed E-state index contributed by atoms with van der Waals surface area (Å²) in [6.07, 6.45) is -3.79. The molecular formula is C10H20F3NO. The number of alkyl halides is 3. The summed E-state index contributed by atoms with van der Waals surface area (Å²) in [6.45, 7) is 3.74. The molecule has 0 rings (SSSR count). The summed E-state index contributed by atoms with van der Waals surface area (Å²) >= 11 is 0. The van der Waals surface area contributed by atoms with Gasteiger partial charge in [-0.1, -0.05) is 0 Å². The van der Waals surface area contributed by atoms with Crippen molar-refractivity contribution in [2.24, 2.45) is 5.73 Å².